The van der Waals surface area contributed by atoms with Gasteiger partial charge in [-0.1, -0.05) is 0 Å². The van der Waals surface area contributed by atoms with E-state index in [1.807, 2.05) is 0 Å². The summed E-state index contributed by atoms with van der Waals surface area (Å²) in [5, 5.41) is 0. The maximum Gasteiger partial charge on any atom is 1.00 e. The van der Waals surface area contributed by atoms with Crippen molar-refractivity contribution in [2.24, 2.45) is 0 Å². The summed E-state index contributed by atoms with van der Waals surface area (Å²) in [7, 11) is -5.17. The molecule has 0 unspecified atom stereocenters. The molecule has 0 amide bonds. The molecule has 0 rings (SSSR count). The van der Waals surface area contributed by atoms with Crippen LogP contribution in [-0.4, -0.2) is 127 Å². The van der Waals surface area contributed by atoms with E-state index < -0.39 is 10.4 Å². The topological polar surface area (TPSA) is 710 Å². The number of hydrogen-bond donors (Lipinski definition) is 0. The van der Waals surface area contributed by atoms with Crippen molar-refractivity contribution in [2.45, 2.75) is 0 Å². The summed E-state index contributed by atoms with van der Waals surface area (Å²) in [5.74, 6) is 0. The Morgan fingerprint density at radius 2 is 0.296 bits per heavy atom. The van der Waals surface area contributed by atoms with Gasteiger partial charge in [0, 0.05) is 10.4 Å². The molecule has 27 heavy (non-hydrogen) atoms. The van der Waals surface area contributed by atoms with Crippen molar-refractivity contribution in [2.75, 3.05) is 0 Å². The zero-order valence-electron chi connectivity index (χ0n) is 14.0. The van der Waals surface area contributed by atoms with E-state index in [9.17, 15) is 0 Å². The molecule has 24 nitrogen and oxygen atoms in total. The largest absolute Gasteiger partial charge is 1.00 e. The Bertz CT molecular complexity index is 99.5. The van der Waals surface area contributed by atoms with Gasteiger partial charge in [0.1, 0.15) is 0 Å². The van der Waals surface area contributed by atoms with Crippen molar-refractivity contribution in [1.29, 1.82) is 0 Å². The van der Waals surface area contributed by atoms with Crippen LogP contribution in [0.4, 0.5) is 0 Å². The Kier molecular flexibility index (Phi) is 6610. The molecule has 40 N–H and O–H groups in total. The molecule has 0 aliphatic rings. The summed E-state index contributed by atoms with van der Waals surface area (Å²) in [6.07, 6.45) is 0. The molecule has 0 atom stereocenters. The standard InChI is InChI=1S/2K.H2O4S.20H2O/c;;1-5(2,3)4;;;;;;;;;;;;;;;;;;;;/h;;(H2,1,2,3,4);20*1H2/q2*+1;;;;;;;;;;;;;;;;;;;;;/p-2. The normalized spacial score (nSPS) is 2.15. The van der Waals surface area contributed by atoms with E-state index in [1.54, 1.807) is 0 Å². The van der Waals surface area contributed by atoms with Gasteiger partial charge in [0.2, 0.25) is 0 Å². The molecule has 0 saturated heterocycles. The maximum atomic E-state index is 8.52. The zero-order chi connectivity index (χ0) is 4.50. The summed E-state index contributed by atoms with van der Waals surface area (Å²) in [5.41, 5.74) is 0. The monoisotopic (exact) mass is 534 g/mol. The predicted octanol–water partition coefficient (Wildman–Crippen LogP) is -23.8. The van der Waals surface area contributed by atoms with E-state index in [-0.39, 0.29) is 212 Å². The molecule has 27 heteroatoms. The molecule has 0 heterocycles. The number of rotatable bonds is 0. The van der Waals surface area contributed by atoms with Crippen LogP contribution in [0.25, 0.3) is 0 Å². The molecule has 0 aliphatic carbocycles. The summed E-state index contributed by atoms with van der Waals surface area (Å²) in [6, 6.07) is 0. The molecule has 0 spiro atoms. The van der Waals surface area contributed by atoms with Gasteiger partial charge in [-0.3, -0.25) is 8.42 Å². The number of hydrogen-bond acceptors (Lipinski definition) is 4. The molecule has 0 aromatic heterocycles. The Labute approximate surface area is 236 Å². The fraction of sp³-hybridized carbons (Fsp3) is 0. The maximum absolute atomic E-state index is 8.52. The van der Waals surface area contributed by atoms with E-state index in [2.05, 4.69) is 0 Å². The van der Waals surface area contributed by atoms with Crippen LogP contribution in [0, 0.1) is 0 Å². The Morgan fingerprint density at radius 1 is 0.296 bits per heavy atom. The quantitative estimate of drug-likeness (QED) is 0.166. The molecule has 0 bridgehead atoms. The van der Waals surface area contributed by atoms with Gasteiger partial charge >= 0.3 is 103 Å². The average Bonchev–Trinajstić information content (AvgIpc) is 0.722. The van der Waals surface area contributed by atoms with Crippen LogP contribution >= 0.6 is 0 Å². The molecule has 192 valence electrons. The van der Waals surface area contributed by atoms with E-state index in [0.29, 0.717) is 0 Å². The molecular weight excluding hydrogens is 494 g/mol. The Hall–Kier alpha value is 2.34. The zero-order valence-corrected chi connectivity index (χ0v) is 21.1. The van der Waals surface area contributed by atoms with E-state index in [0.717, 1.165) is 0 Å². The van der Waals surface area contributed by atoms with Gasteiger partial charge in [-0.2, -0.15) is 0 Å². The third-order valence-corrected chi connectivity index (χ3v) is 0. The fourth-order valence-electron chi connectivity index (χ4n) is 0. The van der Waals surface area contributed by atoms with Crippen LogP contribution in [0.1, 0.15) is 0 Å². The van der Waals surface area contributed by atoms with Crippen molar-refractivity contribution < 1.29 is 230 Å². The van der Waals surface area contributed by atoms with Gasteiger partial charge in [-0.05, 0) is 0 Å². The van der Waals surface area contributed by atoms with Crippen LogP contribution in [0.15, 0.2) is 0 Å². The first-order valence-electron chi connectivity index (χ1n) is 0.667. The van der Waals surface area contributed by atoms with Crippen LogP contribution < -0.4 is 103 Å². The minimum Gasteiger partial charge on any atom is -0.759 e. The second-order valence-corrected chi connectivity index (χ2v) is 1.22. The van der Waals surface area contributed by atoms with Gasteiger partial charge in [-0.25, -0.2) is 0 Å². The molecular formula is H40K2O24S. The molecule has 0 radical (unpaired) electrons. The fourth-order valence-corrected chi connectivity index (χ4v) is 0. The van der Waals surface area contributed by atoms with E-state index in [1.165, 1.54) is 0 Å². The van der Waals surface area contributed by atoms with Gasteiger partial charge in [0.25, 0.3) is 0 Å². The minimum atomic E-state index is -5.17. The first-order valence-corrected chi connectivity index (χ1v) is 2.00. The van der Waals surface area contributed by atoms with Crippen LogP contribution in [0.2, 0.25) is 0 Å². The summed E-state index contributed by atoms with van der Waals surface area (Å²) in [6.45, 7) is 0. The van der Waals surface area contributed by atoms with Crippen molar-refractivity contribution in [3.63, 3.8) is 0 Å². The molecule has 0 aliphatic heterocycles. The van der Waals surface area contributed by atoms with Crippen molar-refractivity contribution in [3.05, 3.63) is 0 Å². The van der Waals surface area contributed by atoms with Gasteiger partial charge in [0.05, 0.1) is 0 Å². The average molecular weight is 535 g/mol. The molecule has 0 saturated carbocycles. The van der Waals surface area contributed by atoms with E-state index >= 15 is 0 Å². The molecule has 0 aromatic carbocycles. The van der Waals surface area contributed by atoms with Crippen molar-refractivity contribution in [3.8, 4) is 0 Å². The Balaban J connectivity index is -0.000000000346. The third-order valence-electron chi connectivity index (χ3n) is 0. The predicted molar refractivity (Wildman–Crippen MR) is 82.8 cm³/mol. The van der Waals surface area contributed by atoms with Crippen LogP contribution in [-0.2, 0) is 10.4 Å². The molecule has 0 fully saturated rings. The van der Waals surface area contributed by atoms with E-state index in [4.69, 9.17) is 17.5 Å². The first kappa shape index (κ1) is 586. The molecule has 0 aromatic rings. The van der Waals surface area contributed by atoms with Crippen molar-refractivity contribution in [1.82, 2.24) is 0 Å². The second kappa shape index (κ2) is 304. The summed E-state index contributed by atoms with van der Waals surface area (Å²) >= 11 is 0. The summed E-state index contributed by atoms with van der Waals surface area (Å²) < 4.78 is 34.1. The minimum absolute atomic E-state index is 0. The van der Waals surface area contributed by atoms with Gasteiger partial charge < -0.3 is 119 Å². The Morgan fingerprint density at radius 3 is 0.296 bits per heavy atom. The first-order chi connectivity index (χ1) is 2.00. The van der Waals surface area contributed by atoms with Crippen LogP contribution in [0.5, 0.6) is 0 Å². The van der Waals surface area contributed by atoms with Gasteiger partial charge in [-0.15, -0.1) is 0 Å². The SMILES string of the molecule is O.O.O.O.O.O.O.O.O.O.O.O.O.O.O.O.O.O.O.O.O=S(=O)([O-])[O-].[K+].[K+]. The summed E-state index contributed by atoms with van der Waals surface area (Å²) in [4.78, 5) is 0. The van der Waals surface area contributed by atoms with Crippen molar-refractivity contribution >= 4 is 10.4 Å². The van der Waals surface area contributed by atoms with Gasteiger partial charge in [0.15, 0.2) is 0 Å². The third kappa shape index (κ3) is 3580. The smallest absolute Gasteiger partial charge is 0.759 e. The second-order valence-electron chi connectivity index (χ2n) is 0.408. The van der Waals surface area contributed by atoms with Crippen LogP contribution in [0.3, 0.4) is 0 Å².